The van der Waals surface area contributed by atoms with E-state index < -0.39 is 16.1 Å². The summed E-state index contributed by atoms with van der Waals surface area (Å²) in [7, 11) is -3.68. The van der Waals surface area contributed by atoms with Gasteiger partial charge in [0, 0.05) is 0 Å². The molecular weight excluding hydrogens is 400 g/mol. The average molecular weight is 433 g/mol. The second-order valence-electron chi connectivity index (χ2n) is 7.69. The van der Waals surface area contributed by atoms with Gasteiger partial charge in [-0.3, -0.25) is 9.10 Å². The van der Waals surface area contributed by atoms with Crippen molar-refractivity contribution in [2.24, 2.45) is 0 Å². The van der Waals surface area contributed by atoms with Crippen LogP contribution in [0.1, 0.15) is 49.1 Å². The van der Waals surface area contributed by atoms with E-state index in [1.807, 2.05) is 27.7 Å². The fourth-order valence-corrected chi connectivity index (χ4v) is 4.70. The third-order valence-corrected chi connectivity index (χ3v) is 6.44. The number of amides is 1. The Hall–Kier alpha value is -2.54. The van der Waals surface area contributed by atoms with Crippen LogP contribution in [0.15, 0.2) is 36.4 Å². The average Bonchev–Trinajstić information content (AvgIpc) is 2.65. The first kappa shape index (κ1) is 23.7. The Morgan fingerprint density at radius 1 is 1.03 bits per heavy atom. The number of rotatable bonds is 8. The van der Waals surface area contributed by atoms with Crippen molar-refractivity contribution in [3.05, 3.63) is 58.7 Å². The van der Waals surface area contributed by atoms with Crippen molar-refractivity contribution in [3.8, 4) is 5.75 Å². The quantitative estimate of drug-likeness (QED) is 0.683. The van der Waals surface area contributed by atoms with Crippen molar-refractivity contribution >= 4 is 21.6 Å². The molecule has 0 heterocycles. The maximum Gasteiger partial charge on any atom is 0.244 e. The molecule has 0 aromatic heterocycles. The molecule has 0 aliphatic rings. The lowest BCUT2D eigenvalue weighted by atomic mass is 9.96. The highest BCUT2D eigenvalue weighted by atomic mass is 32.2. The Balaban J connectivity index is 2.27. The molecule has 2 atom stereocenters. The van der Waals surface area contributed by atoms with Gasteiger partial charge in [0.25, 0.3) is 0 Å². The Kier molecular flexibility index (Phi) is 7.53. The van der Waals surface area contributed by atoms with E-state index in [-0.39, 0.29) is 11.9 Å². The van der Waals surface area contributed by atoms with Crippen LogP contribution in [0.2, 0.25) is 0 Å². The zero-order valence-corrected chi connectivity index (χ0v) is 19.6. The van der Waals surface area contributed by atoms with Crippen LogP contribution in [0.3, 0.4) is 0 Å². The SMILES string of the molecule is CCOc1ccc(N([C@H](C)C(=O)N[C@H](C)c2cc(C)c(C)cc2C)S(C)(=O)=O)cc1. The number of hydrogen-bond donors (Lipinski definition) is 1. The van der Waals surface area contributed by atoms with Gasteiger partial charge >= 0.3 is 0 Å². The maximum atomic E-state index is 13.0. The molecule has 0 bridgehead atoms. The van der Waals surface area contributed by atoms with E-state index in [1.165, 1.54) is 5.56 Å². The van der Waals surface area contributed by atoms with Gasteiger partial charge in [0.1, 0.15) is 11.8 Å². The second kappa shape index (κ2) is 9.51. The number of sulfonamides is 1. The fraction of sp³-hybridized carbons (Fsp3) is 0.435. The summed E-state index contributed by atoms with van der Waals surface area (Å²) in [6, 6.07) is 9.69. The minimum Gasteiger partial charge on any atom is -0.494 e. The molecule has 30 heavy (non-hydrogen) atoms. The van der Waals surface area contributed by atoms with E-state index >= 15 is 0 Å². The van der Waals surface area contributed by atoms with Crippen molar-refractivity contribution < 1.29 is 17.9 Å². The molecule has 0 spiro atoms. The smallest absolute Gasteiger partial charge is 0.244 e. The van der Waals surface area contributed by atoms with Crippen LogP contribution in [0, 0.1) is 20.8 Å². The van der Waals surface area contributed by atoms with Crippen molar-refractivity contribution in [1.82, 2.24) is 5.32 Å². The topological polar surface area (TPSA) is 75.7 Å². The number of anilines is 1. The van der Waals surface area contributed by atoms with Gasteiger partial charge in [-0.25, -0.2) is 8.42 Å². The first-order chi connectivity index (χ1) is 14.0. The maximum absolute atomic E-state index is 13.0. The number of carbonyl (C=O) groups is 1. The van der Waals surface area contributed by atoms with Gasteiger partial charge in [-0.15, -0.1) is 0 Å². The summed E-state index contributed by atoms with van der Waals surface area (Å²) < 4.78 is 31.5. The van der Waals surface area contributed by atoms with Crippen molar-refractivity contribution in [3.63, 3.8) is 0 Å². The first-order valence-corrected chi connectivity index (χ1v) is 11.9. The lowest BCUT2D eigenvalue weighted by molar-refractivity contribution is -0.122. The summed E-state index contributed by atoms with van der Waals surface area (Å²) in [5.41, 5.74) is 4.87. The monoisotopic (exact) mass is 432 g/mol. The molecule has 2 aromatic rings. The number of nitrogens with zero attached hydrogens (tertiary/aromatic N) is 1. The van der Waals surface area contributed by atoms with Gasteiger partial charge in [0.2, 0.25) is 15.9 Å². The van der Waals surface area contributed by atoms with E-state index in [0.717, 1.165) is 27.3 Å². The van der Waals surface area contributed by atoms with Crippen molar-refractivity contribution in [2.75, 3.05) is 17.2 Å². The van der Waals surface area contributed by atoms with Gasteiger partial charge in [0.05, 0.1) is 24.6 Å². The fourth-order valence-electron chi connectivity index (χ4n) is 3.53. The van der Waals surface area contributed by atoms with Gasteiger partial charge < -0.3 is 10.1 Å². The zero-order chi connectivity index (χ0) is 22.6. The van der Waals surface area contributed by atoms with E-state index in [4.69, 9.17) is 4.74 Å². The summed E-state index contributed by atoms with van der Waals surface area (Å²) in [5.74, 6) is 0.282. The molecule has 7 heteroatoms. The van der Waals surface area contributed by atoms with Gasteiger partial charge in [-0.2, -0.15) is 0 Å². The summed E-state index contributed by atoms with van der Waals surface area (Å²) >= 11 is 0. The largest absolute Gasteiger partial charge is 0.494 e. The molecule has 0 aliphatic heterocycles. The molecule has 6 nitrogen and oxygen atoms in total. The van der Waals surface area contributed by atoms with E-state index in [1.54, 1.807) is 31.2 Å². The molecule has 0 aliphatic carbocycles. The highest BCUT2D eigenvalue weighted by Crippen LogP contribution is 2.25. The molecule has 0 fully saturated rings. The number of ether oxygens (including phenoxy) is 1. The molecule has 1 N–H and O–H groups in total. The molecule has 0 saturated heterocycles. The Morgan fingerprint density at radius 3 is 2.13 bits per heavy atom. The van der Waals surface area contributed by atoms with E-state index in [2.05, 4.69) is 24.4 Å². The van der Waals surface area contributed by atoms with Crippen LogP contribution in [-0.4, -0.2) is 33.2 Å². The lowest BCUT2D eigenvalue weighted by Gasteiger charge is -2.29. The molecule has 164 valence electrons. The summed E-state index contributed by atoms with van der Waals surface area (Å²) in [4.78, 5) is 13.0. The van der Waals surface area contributed by atoms with Crippen LogP contribution in [0.4, 0.5) is 5.69 Å². The van der Waals surface area contributed by atoms with Gasteiger partial charge in [0.15, 0.2) is 0 Å². The Morgan fingerprint density at radius 2 is 1.60 bits per heavy atom. The predicted molar refractivity (Wildman–Crippen MR) is 122 cm³/mol. The lowest BCUT2D eigenvalue weighted by Crippen LogP contribution is -2.48. The first-order valence-electron chi connectivity index (χ1n) is 10.1. The predicted octanol–water partition coefficient (Wildman–Crippen LogP) is 4.04. The van der Waals surface area contributed by atoms with Crippen LogP contribution < -0.4 is 14.4 Å². The third kappa shape index (κ3) is 5.53. The number of nitrogens with one attached hydrogen (secondary N) is 1. The summed E-state index contributed by atoms with van der Waals surface area (Å²) in [5, 5.41) is 2.97. The number of aryl methyl sites for hydroxylation is 3. The van der Waals surface area contributed by atoms with Gasteiger partial charge in [-0.1, -0.05) is 12.1 Å². The van der Waals surface area contributed by atoms with Crippen LogP contribution >= 0.6 is 0 Å². The Labute approximate surface area is 180 Å². The van der Waals surface area contributed by atoms with Crippen molar-refractivity contribution in [2.45, 2.75) is 53.6 Å². The number of hydrogen-bond acceptors (Lipinski definition) is 4. The zero-order valence-electron chi connectivity index (χ0n) is 18.8. The Bertz CT molecular complexity index is 1000. The summed E-state index contributed by atoms with van der Waals surface area (Å²) in [6.45, 7) is 12.0. The van der Waals surface area contributed by atoms with E-state index in [0.29, 0.717) is 18.0 Å². The second-order valence-corrected chi connectivity index (χ2v) is 9.54. The molecule has 0 radical (unpaired) electrons. The van der Waals surface area contributed by atoms with Crippen LogP contribution in [0.5, 0.6) is 5.75 Å². The highest BCUT2D eigenvalue weighted by Gasteiger charge is 2.30. The normalized spacial score (nSPS) is 13.4. The number of carbonyl (C=O) groups excluding carboxylic acids is 1. The molecule has 2 rings (SSSR count). The number of benzene rings is 2. The van der Waals surface area contributed by atoms with Crippen LogP contribution in [0.25, 0.3) is 0 Å². The molecule has 0 unspecified atom stereocenters. The molecule has 0 saturated carbocycles. The van der Waals surface area contributed by atoms with Crippen LogP contribution in [-0.2, 0) is 14.8 Å². The molecular formula is C23H32N2O4S. The minimum atomic E-state index is -3.68. The third-order valence-electron chi connectivity index (χ3n) is 5.20. The minimum absolute atomic E-state index is 0.249. The van der Waals surface area contributed by atoms with Crippen molar-refractivity contribution in [1.29, 1.82) is 0 Å². The highest BCUT2D eigenvalue weighted by molar-refractivity contribution is 7.92. The standard InChI is InChI=1S/C23H32N2O4S/c1-8-29-21-11-9-20(10-12-21)25(30(7,27)28)19(6)23(26)24-18(5)22-14-16(3)15(2)13-17(22)4/h9-14,18-19H,8H2,1-7H3,(H,24,26)/t18-,19-/m1/s1. The molecule has 2 aromatic carbocycles. The summed E-state index contributed by atoms with van der Waals surface area (Å²) in [6.07, 6.45) is 1.10. The van der Waals surface area contributed by atoms with Gasteiger partial charge in [-0.05, 0) is 88.1 Å². The van der Waals surface area contributed by atoms with E-state index in [9.17, 15) is 13.2 Å². The molecule has 1 amide bonds.